The molecule has 0 spiro atoms. The monoisotopic (exact) mass is 272 g/mol. The minimum absolute atomic E-state index is 0.818. The maximum absolute atomic E-state index is 9.94. The molecule has 0 unspecified atom stereocenters. The van der Waals surface area contributed by atoms with E-state index in [0.29, 0.717) is 0 Å². The third-order valence-electron chi connectivity index (χ3n) is 2.48. The highest BCUT2D eigenvalue weighted by atomic mass is 79.9. The van der Waals surface area contributed by atoms with Gasteiger partial charge in [0.05, 0.1) is 0 Å². The molecule has 0 aromatic rings. The van der Waals surface area contributed by atoms with Crippen LogP contribution in [0.3, 0.4) is 0 Å². The van der Waals surface area contributed by atoms with Gasteiger partial charge in [-0.15, -0.1) is 0 Å². The van der Waals surface area contributed by atoms with Crippen molar-refractivity contribution in [3.63, 3.8) is 0 Å². The fourth-order valence-electron chi connectivity index (χ4n) is 1.83. The number of halogens is 1. The molecule has 0 amide bonds. The van der Waals surface area contributed by atoms with Crippen LogP contribution in [0, 0.1) is 0 Å². The van der Waals surface area contributed by atoms with Crippen LogP contribution in [0.2, 0.25) is 0 Å². The zero-order valence-corrected chi connectivity index (χ0v) is 11.1. The third kappa shape index (κ3) is 2.41. The highest BCUT2D eigenvalue weighted by Gasteiger charge is 2.29. The van der Waals surface area contributed by atoms with Gasteiger partial charge in [0.25, 0.3) is 0 Å². The maximum Gasteiger partial charge on any atom is 0.109 e. The maximum atomic E-state index is 9.94. The highest BCUT2D eigenvalue weighted by Crippen LogP contribution is 2.37. The first-order chi connectivity index (χ1) is 6.86. The summed E-state index contributed by atoms with van der Waals surface area (Å²) in [5.74, 6) is 0. The molecule has 15 heavy (non-hydrogen) atoms. The molecule has 0 heterocycles. The fraction of sp³-hybridized carbons (Fsp3) is 0.500. The van der Waals surface area contributed by atoms with Gasteiger partial charge >= 0.3 is 0 Å². The van der Waals surface area contributed by atoms with Gasteiger partial charge in [-0.3, -0.25) is 0 Å². The smallest absolute Gasteiger partial charge is 0.109 e. The van der Waals surface area contributed by atoms with E-state index in [1.54, 1.807) is 6.08 Å². The second-order valence-electron chi connectivity index (χ2n) is 4.24. The third-order valence-corrected chi connectivity index (χ3v) is 3.14. The fourth-order valence-corrected chi connectivity index (χ4v) is 2.71. The van der Waals surface area contributed by atoms with Gasteiger partial charge in [-0.25, -0.2) is 0 Å². The summed E-state index contributed by atoms with van der Waals surface area (Å²) in [6.07, 6.45) is -0.00650. The van der Waals surface area contributed by atoms with Crippen LogP contribution in [0.4, 0.5) is 0 Å². The zero-order valence-electron chi connectivity index (χ0n) is 9.50. The molecule has 0 fully saturated rings. The molecule has 2 N–H and O–H groups in total. The van der Waals surface area contributed by atoms with Crippen molar-refractivity contribution in [2.75, 3.05) is 0 Å². The Kier molecular flexibility index (Phi) is 3.93. The van der Waals surface area contributed by atoms with Crippen molar-refractivity contribution >= 4 is 15.9 Å². The Bertz CT molecular complexity index is 356. The Balaban J connectivity index is 3.43. The summed E-state index contributed by atoms with van der Waals surface area (Å²) in [4.78, 5) is 0. The van der Waals surface area contributed by atoms with E-state index in [0.717, 1.165) is 26.8 Å². The predicted molar refractivity (Wildman–Crippen MR) is 65.8 cm³/mol. The number of hydrogen-bond donors (Lipinski definition) is 2. The highest BCUT2D eigenvalue weighted by molar-refractivity contribution is 9.12. The Morgan fingerprint density at radius 1 is 1.13 bits per heavy atom. The summed E-state index contributed by atoms with van der Waals surface area (Å²) < 4.78 is 0.858. The minimum Gasteiger partial charge on any atom is -0.386 e. The molecule has 0 radical (unpaired) electrons. The molecule has 1 rings (SSSR count). The van der Waals surface area contributed by atoms with E-state index in [4.69, 9.17) is 0 Å². The minimum atomic E-state index is -0.827. The van der Waals surface area contributed by atoms with E-state index in [-0.39, 0.29) is 0 Å². The lowest BCUT2D eigenvalue weighted by molar-refractivity contribution is 0.0713. The van der Waals surface area contributed by atoms with Crippen molar-refractivity contribution in [2.24, 2.45) is 0 Å². The summed E-state index contributed by atoms with van der Waals surface area (Å²) in [5.41, 5.74) is 3.99. The van der Waals surface area contributed by atoms with Crippen LogP contribution < -0.4 is 0 Å². The number of allylic oxidation sites excluding steroid dienone is 3. The van der Waals surface area contributed by atoms with Crippen molar-refractivity contribution in [1.82, 2.24) is 0 Å². The van der Waals surface area contributed by atoms with E-state index < -0.39 is 12.2 Å². The lowest BCUT2D eigenvalue weighted by atomic mass is 9.86. The second-order valence-corrected chi connectivity index (χ2v) is 5.09. The molecule has 0 saturated carbocycles. The van der Waals surface area contributed by atoms with E-state index in [1.165, 1.54) is 0 Å². The molecule has 0 saturated heterocycles. The van der Waals surface area contributed by atoms with Crippen molar-refractivity contribution in [1.29, 1.82) is 0 Å². The van der Waals surface area contributed by atoms with E-state index in [2.05, 4.69) is 15.9 Å². The zero-order chi connectivity index (χ0) is 11.7. The Morgan fingerprint density at radius 3 is 2.07 bits per heavy atom. The molecular weight excluding hydrogens is 256 g/mol. The van der Waals surface area contributed by atoms with Gasteiger partial charge in [0, 0.05) is 4.48 Å². The first-order valence-electron chi connectivity index (χ1n) is 4.95. The first-order valence-corrected chi connectivity index (χ1v) is 5.74. The number of rotatable bonds is 0. The van der Waals surface area contributed by atoms with Crippen LogP contribution in [0.1, 0.15) is 27.7 Å². The predicted octanol–water partition coefficient (Wildman–Crippen LogP) is 2.67. The van der Waals surface area contributed by atoms with Crippen LogP contribution in [-0.4, -0.2) is 22.4 Å². The van der Waals surface area contributed by atoms with Crippen molar-refractivity contribution in [2.45, 2.75) is 39.9 Å². The van der Waals surface area contributed by atoms with E-state index >= 15 is 0 Å². The number of aliphatic hydroxyl groups is 2. The summed E-state index contributed by atoms with van der Waals surface area (Å²) in [6.45, 7) is 7.88. The van der Waals surface area contributed by atoms with Gasteiger partial charge in [-0.1, -0.05) is 27.1 Å². The Morgan fingerprint density at radius 2 is 1.67 bits per heavy atom. The molecule has 0 bridgehead atoms. The largest absolute Gasteiger partial charge is 0.386 e. The topological polar surface area (TPSA) is 40.5 Å². The first kappa shape index (κ1) is 12.7. The number of hydrogen-bond acceptors (Lipinski definition) is 2. The lowest BCUT2D eigenvalue weighted by Gasteiger charge is -2.28. The van der Waals surface area contributed by atoms with Crippen LogP contribution in [0.15, 0.2) is 32.9 Å². The molecular formula is C12H17BrO2. The summed E-state index contributed by atoms with van der Waals surface area (Å²) in [7, 11) is 0. The molecule has 0 aliphatic heterocycles. The van der Waals surface area contributed by atoms with Gasteiger partial charge < -0.3 is 10.2 Å². The van der Waals surface area contributed by atoms with E-state index in [1.807, 2.05) is 27.7 Å². The molecule has 3 heteroatoms. The molecule has 0 aromatic heterocycles. The van der Waals surface area contributed by atoms with Crippen molar-refractivity contribution in [3.05, 3.63) is 32.9 Å². The van der Waals surface area contributed by atoms with Gasteiger partial charge in [0.1, 0.15) is 12.2 Å². The van der Waals surface area contributed by atoms with Crippen LogP contribution >= 0.6 is 15.9 Å². The average molecular weight is 273 g/mol. The molecule has 1 aliphatic rings. The van der Waals surface area contributed by atoms with Crippen molar-refractivity contribution < 1.29 is 10.2 Å². The summed E-state index contributed by atoms with van der Waals surface area (Å²) >= 11 is 3.43. The van der Waals surface area contributed by atoms with E-state index in [9.17, 15) is 10.2 Å². The second kappa shape index (κ2) is 4.64. The molecule has 84 valence electrons. The molecule has 1 aliphatic carbocycles. The quantitative estimate of drug-likeness (QED) is 0.712. The van der Waals surface area contributed by atoms with Gasteiger partial charge in [0.2, 0.25) is 0 Å². The number of aliphatic hydroxyl groups excluding tert-OH is 2. The Hall–Kier alpha value is -0.380. The van der Waals surface area contributed by atoms with Crippen LogP contribution in [-0.2, 0) is 0 Å². The van der Waals surface area contributed by atoms with Crippen LogP contribution in [0.5, 0.6) is 0 Å². The normalized spacial score (nSPS) is 26.5. The molecule has 2 nitrogen and oxygen atoms in total. The van der Waals surface area contributed by atoms with Gasteiger partial charge in [0.15, 0.2) is 0 Å². The van der Waals surface area contributed by atoms with Gasteiger partial charge in [-0.05, 0) is 44.9 Å². The Labute approximate surface area is 99.1 Å². The summed E-state index contributed by atoms with van der Waals surface area (Å²) in [6, 6.07) is 0. The standard InChI is InChI=1S/C12H17BrO2/c1-6(2)10-8(13)5-9(14)12(15)11(10)7(3)4/h5,9,12,14-15H,1-4H3/t9-,12+/m1/s1. The van der Waals surface area contributed by atoms with Crippen molar-refractivity contribution in [3.8, 4) is 0 Å². The summed E-state index contributed by atoms with van der Waals surface area (Å²) in [5, 5.41) is 19.6. The van der Waals surface area contributed by atoms with Gasteiger partial charge in [-0.2, -0.15) is 0 Å². The van der Waals surface area contributed by atoms with Crippen LogP contribution in [0.25, 0.3) is 0 Å². The molecule has 2 atom stereocenters. The lowest BCUT2D eigenvalue weighted by Crippen LogP contribution is -2.31. The molecule has 0 aromatic carbocycles. The SMILES string of the molecule is CC(C)=C1C(Br)=C[C@@H](O)[C@H](O)C1=C(C)C. The average Bonchev–Trinajstić information content (AvgIpc) is 2.09.